The number of benzene rings is 1. The Labute approximate surface area is 133 Å². The number of hydrogen-bond donors (Lipinski definition) is 2. The minimum absolute atomic E-state index is 0.392. The van der Waals surface area contributed by atoms with Crippen LogP contribution in [-0.4, -0.2) is 18.2 Å². The largest absolute Gasteiger partial charge is 0.328 e. The van der Waals surface area contributed by atoms with E-state index in [4.69, 9.17) is 5.73 Å². The van der Waals surface area contributed by atoms with Gasteiger partial charge in [-0.25, -0.2) is 5.43 Å². The summed E-state index contributed by atoms with van der Waals surface area (Å²) in [6.45, 7) is 6.08. The Morgan fingerprint density at radius 2 is 1.91 bits per heavy atom. The van der Waals surface area contributed by atoms with Crippen LogP contribution in [0.1, 0.15) is 50.7 Å². The summed E-state index contributed by atoms with van der Waals surface area (Å²) in [5.74, 6) is 0.441. The predicted octanol–water partition coefficient (Wildman–Crippen LogP) is 2.99. The number of amides is 1. The summed E-state index contributed by atoms with van der Waals surface area (Å²) in [5, 5.41) is 4.31. The van der Waals surface area contributed by atoms with Crippen LogP contribution in [0.4, 0.5) is 0 Å². The lowest BCUT2D eigenvalue weighted by Crippen LogP contribution is -2.55. The van der Waals surface area contributed by atoms with Crippen LogP contribution in [0.3, 0.4) is 0 Å². The van der Waals surface area contributed by atoms with E-state index < -0.39 is 0 Å². The zero-order chi connectivity index (χ0) is 16.2. The average molecular weight is 301 g/mol. The van der Waals surface area contributed by atoms with Crippen LogP contribution in [0.2, 0.25) is 0 Å². The molecule has 0 radical (unpaired) electrons. The van der Waals surface area contributed by atoms with Crippen molar-refractivity contribution in [2.45, 2.75) is 52.5 Å². The number of hydrazone groups is 1. The second-order valence-electron chi connectivity index (χ2n) is 6.33. The van der Waals surface area contributed by atoms with Gasteiger partial charge in [-0.2, -0.15) is 5.10 Å². The number of aryl methyl sites for hydroxylation is 1. The molecule has 3 N–H and O–H groups in total. The third-order valence-electron chi connectivity index (χ3n) is 4.79. The molecule has 0 atom stereocenters. The van der Waals surface area contributed by atoms with Crippen molar-refractivity contribution in [1.82, 2.24) is 5.43 Å². The Kier molecular flexibility index (Phi) is 5.35. The van der Waals surface area contributed by atoms with Gasteiger partial charge in [-0.3, -0.25) is 4.79 Å². The van der Waals surface area contributed by atoms with Gasteiger partial charge in [-0.15, -0.1) is 0 Å². The molecule has 0 aliphatic heterocycles. The van der Waals surface area contributed by atoms with Crippen LogP contribution < -0.4 is 11.2 Å². The van der Waals surface area contributed by atoms with Gasteiger partial charge in [0, 0.05) is 17.5 Å². The van der Waals surface area contributed by atoms with E-state index in [-0.39, 0.29) is 0 Å². The fourth-order valence-electron chi connectivity index (χ4n) is 3.89. The molecule has 0 saturated heterocycles. The first kappa shape index (κ1) is 16.7. The number of nitrogens with one attached hydrogen (secondary N) is 1. The molecule has 120 valence electrons. The zero-order valence-electron chi connectivity index (χ0n) is 13.8. The van der Waals surface area contributed by atoms with E-state index in [0.29, 0.717) is 23.8 Å². The molecule has 2 saturated carbocycles. The molecule has 2 aliphatic carbocycles. The number of hydrogen-bond acceptors (Lipinski definition) is 3. The molecule has 4 heteroatoms. The molecule has 0 heterocycles. The molecule has 1 aromatic carbocycles. The number of nitrogens with zero attached hydrogens (tertiary/aromatic N) is 1. The minimum Gasteiger partial charge on any atom is -0.328 e. The normalized spacial score (nSPS) is 29.7. The van der Waals surface area contributed by atoms with E-state index in [0.717, 1.165) is 37.0 Å². The lowest BCUT2D eigenvalue weighted by Gasteiger charge is -2.57. The molecule has 22 heavy (non-hydrogen) atoms. The van der Waals surface area contributed by atoms with Gasteiger partial charge in [-0.1, -0.05) is 38.1 Å². The van der Waals surface area contributed by atoms with Gasteiger partial charge >= 0.3 is 0 Å². The maximum absolute atomic E-state index is 10.6. The summed E-state index contributed by atoms with van der Waals surface area (Å²) in [4.78, 5) is 10.6. The second-order valence-corrected chi connectivity index (χ2v) is 6.33. The van der Waals surface area contributed by atoms with E-state index >= 15 is 0 Å². The Bertz CT molecular complexity index is 539. The Morgan fingerprint density at radius 3 is 2.45 bits per heavy atom. The fourth-order valence-corrected chi connectivity index (χ4v) is 3.89. The van der Waals surface area contributed by atoms with Crippen molar-refractivity contribution < 1.29 is 4.79 Å². The summed E-state index contributed by atoms with van der Waals surface area (Å²) in [5.41, 5.74) is 12.2. The lowest BCUT2D eigenvalue weighted by molar-refractivity contribution is -0.109. The van der Waals surface area contributed by atoms with Crippen LogP contribution >= 0.6 is 0 Å². The van der Waals surface area contributed by atoms with Crippen LogP contribution in [0, 0.1) is 18.3 Å². The van der Waals surface area contributed by atoms with Gasteiger partial charge in [-0.05, 0) is 43.6 Å². The molecule has 4 nitrogen and oxygen atoms in total. The number of carbonyl (C=O) groups is 1. The molecule has 2 fully saturated rings. The van der Waals surface area contributed by atoms with E-state index in [1.54, 1.807) is 0 Å². The average Bonchev–Trinajstić information content (AvgIpc) is 2.46. The Morgan fingerprint density at radius 1 is 1.27 bits per heavy atom. The Balaban J connectivity index is 0.000000847. The van der Waals surface area contributed by atoms with Crippen LogP contribution in [0.5, 0.6) is 0 Å². The Hall–Kier alpha value is -1.68. The summed E-state index contributed by atoms with van der Waals surface area (Å²) in [6, 6.07) is 8.60. The highest BCUT2D eigenvalue weighted by Gasteiger charge is 2.53. The van der Waals surface area contributed by atoms with Crippen molar-refractivity contribution in [2.75, 3.05) is 0 Å². The number of rotatable bonds is 4. The van der Waals surface area contributed by atoms with Crippen LogP contribution in [-0.2, 0) is 4.79 Å². The van der Waals surface area contributed by atoms with E-state index in [2.05, 4.69) is 29.6 Å². The lowest BCUT2D eigenvalue weighted by atomic mass is 9.49. The van der Waals surface area contributed by atoms with Crippen LogP contribution in [0.15, 0.2) is 29.4 Å². The highest BCUT2D eigenvalue weighted by molar-refractivity contribution is 6.04. The summed E-state index contributed by atoms with van der Waals surface area (Å²) in [7, 11) is 0. The fraction of sp³-hybridized carbons (Fsp3) is 0.556. The van der Waals surface area contributed by atoms with Crippen molar-refractivity contribution in [3.63, 3.8) is 0 Å². The highest BCUT2D eigenvalue weighted by atomic mass is 16.1. The maximum atomic E-state index is 10.6. The van der Waals surface area contributed by atoms with Gasteiger partial charge in [0.15, 0.2) is 0 Å². The van der Waals surface area contributed by atoms with E-state index in [1.807, 2.05) is 26.0 Å². The van der Waals surface area contributed by atoms with Crippen molar-refractivity contribution in [3.8, 4) is 0 Å². The molecule has 1 aromatic rings. The van der Waals surface area contributed by atoms with Gasteiger partial charge < -0.3 is 5.73 Å². The van der Waals surface area contributed by atoms with Crippen LogP contribution in [0.25, 0.3) is 0 Å². The number of carbonyl (C=O) groups excluding carboxylic acids is 1. The quantitative estimate of drug-likeness (QED) is 0.510. The third-order valence-corrected chi connectivity index (χ3v) is 4.79. The van der Waals surface area contributed by atoms with Crippen molar-refractivity contribution in [2.24, 2.45) is 22.2 Å². The number of nitrogens with two attached hydrogens (primary N) is 1. The molecule has 0 bridgehead atoms. The van der Waals surface area contributed by atoms with Gasteiger partial charge in [0.25, 0.3) is 0 Å². The highest BCUT2D eigenvalue weighted by Crippen LogP contribution is 2.58. The second kappa shape index (κ2) is 7.05. The molecule has 0 unspecified atom stereocenters. The molecule has 1 spiro atoms. The topological polar surface area (TPSA) is 67.5 Å². The van der Waals surface area contributed by atoms with Crippen molar-refractivity contribution in [1.29, 1.82) is 0 Å². The first-order valence-electron chi connectivity index (χ1n) is 8.22. The van der Waals surface area contributed by atoms with Crippen molar-refractivity contribution in [3.05, 3.63) is 35.4 Å². The SMILES string of the molecule is CC.Cc1ccccc1/C(=N\NC=O)C1CC2(CC(N)C2)C1. The summed E-state index contributed by atoms with van der Waals surface area (Å²) < 4.78 is 0. The molecule has 1 amide bonds. The van der Waals surface area contributed by atoms with Gasteiger partial charge in [0.2, 0.25) is 6.41 Å². The molecular formula is C18H27N3O. The molecule has 3 rings (SSSR count). The smallest absolute Gasteiger partial charge is 0.227 e. The molecular weight excluding hydrogens is 274 g/mol. The summed E-state index contributed by atoms with van der Waals surface area (Å²) >= 11 is 0. The van der Waals surface area contributed by atoms with Gasteiger partial charge in [0.05, 0.1) is 5.71 Å². The third kappa shape index (κ3) is 3.22. The zero-order valence-corrected chi connectivity index (χ0v) is 13.8. The van der Waals surface area contributed by atoms with Crippen molar-refractivity contribution >= 4 is 12.1 Å². The maximum Gasteiger partial charge on any atom is 0.227 e. The first-order chi connectivity index (χ1) is 10.6. The standard InChI is InChI=1S/C16H21N3O.C2H6/c1-11-4-2-3-5-14(11)15(19-18-10-20)12-6-16(7-12)8-13(17)9-16;1-2/h2-5,10,12-13H,6-9,17H2,1H3,(H,18,20);1-2H3/b19-15-;. The van der Waals surface area contributed by atoms with Gasteiger partial charge in [0.1, 0.15) is 0 Å². The molecule has 2 aliphatic rings. The monoisotopic (exact) mass is 301 g/mol. The summed E-state index contributed by atoms with van der Waals surface area (Å²) in [6.07, 6.45) is 5.21. The molecule has 0 aromatic heterocycles. The predicted molar refractivity (Wildman–Crippen MR) is 90.6 cm³/mol. The minimum atomic E-state index is 0.392. The van der Waals surface area contributed by atoms with E-state index in [1.165, 1.54) is 5.56 Å². The first-order valence-corrected chi connectivity index (χ1v) is 8.22. The van der Waals surface area contributed by atoms with E-state index in [9.17, 15) is 4.79 Å².